The second kappa shape index (κ2) is 8.82. The molecule has 0 spiro atoms. The summed E-state index contributed by atoms with van der Waals surface area (Å²) in [6, 6.07) is 0.437. The van der Waals surface area contributed by atoms with Gasteiger partial charge in [-0.25, -0.2) is 0 Å². The van der Waals surface area contributed by atoms with Gasteiger partial charge in [0.1, 0.15) is 0 Å². The maximum Gasteiger partial charge on any atom is 0.274 e. The van der Waals surface area contributed by atoms with Crippen molar-refractivity contribution in [2.24, 2.45) is 0 Å². The third-order valence-electron chi connectivity index (χ3n) is 5.74. The highest BCUT2D eigenvalue weighted by molar-refractivity contribution is 5.94. The number of carbonyl (C=O) groups excluding carboxylic acids is 1. The zero-order valence-corrected chi connectivity index (χ0v) is 16.2. The van der Waals surface area contributed by atoms with E-state index in [0.29, 0.717) is 18.3 Å². The van der Waals surface area contributed by atoms with E-state index in [2.05, 4.69) is 18.5 Å². The molecule has 0 radical (unpaired) electrons. The summed E-state index contributed by atoms with van der Waals surface area (Å²) in [6.45, 7) is 7.88. The van der Waals surface area contributed by atoms with E-state index in [1.54, 1.807) is 7.11 Å². The van der Waals surface area contributed by atoms with Gasteiger partial charge in [0, 0.05) is 44.0 Å². The number of aromatic nitrogens is 2. The number of rotatable bonds is 7. The van der Waals surface area contributed by atoms with Crippen molar-refractivity contribution >= 4 is 5.91 Å². The average Bonchev–Trinajstić information content (AvgIpc) is 3.04. The SMILES string of the molecule is C=CCn1nc(C(=O)N2CCCCC2)c2c1CCC(N(C)CCOC)C2. The number of ether oxygens (including phenoxy) is 1. The molecule has 1 aliphatic heterocycles. The zero-order chi connectivity index (χ0) is 18.5. The summed E-state index contributed by atoms with van der Waals surface area (Å²) in [5, 5.41) is 4.72. The Morgan fingerprint density at radius 3 is 2.85 bits per heavy atom. The Morgan fingerprint density at radius 1 is 1.38 bits per heavy atom. The van der Waals surface area contributed by atoms with Crippen molar-refractivity contribution in [3.8, 4) is 0 Å². The molecule has 144 valence electrons. The molecule has 1 aromatic rings. The number of allylic oxidation sites excluding steroid dienone is 1. The number of hydrogen-bond acceptors (Lipinski definition) is 4. The topological polar surface area (TPSA) is 50.6 Å². The number of fused-ring (bicyclic) bond motifs is 1. The van der Waals surface area contributed by atoms with E-state index in [1.807, 2.05) is 15.7 Å². The van der Waals surface area contributed by atoms with Crippen LogP contribution >= 0.6 is 0 Å². The zero-order valence-electron chi connectivity index (χ0n) is 16.2. The van der Waals surface area contributed by atoms with Crippen LogP contribution in [0.3, 0.4) is 0 Å². The minimum absolute atomic E-state index is 0.115. The fourth-order valence-electron chi connectivity index (χ4n) is 4.16. The predicted octanol–water partition coefficient (Wildman–Crippen LogP) is 2.13. The molecule has 0 saturated carbocycles. The van der Waals surface area contributed by atoms with Gasteiger partial charge in [0.05, 0.1) is 13.2 Å². The predicted molar refractivity (Wildman–Crippen MR) is 102 cm³/mol. The molecule has 0 N–H and O–H groups in total. The van der Waals surface area contributed by atoms with Gasteiger partial charge in [-0.1, -0.05) is 6.08 Å². The summed E-state index contributed by atoms with van der Waals surface area (Å²) in [5.74, 6) is 0.115. The van der Waals surface area contributed by atoms with Crippen LogP contribution in [0.25, 0.3) is 0 Å². The molecule has 6 nitrogen and oxygen atoms in total. The van der Waals surface area contributed by atoms with Gasteiger partial charge in [0.2, 0.25) is 0 Å². The normalized spacial score (nSPS) is 20.3. The van der Waals surface area contributed by atoms with Crippen molar-refractivity contribution in [2.75, 3.05) is 40.4 Å². The van der Waals surface area contributed by atoms with Crippen LogP contribution < -0.4 is 0 Å². The van der Waals surface area contributed by atoms with Crippen LogP contribution in [0.2, 0.25) is 0 Å². The van der Waals surface area contributed by atoms with Crippen molar-refractivity contribution in [1.29, 1.82) is 0 Å². The fourth-order valence-corrected chi connectivity index (χ4v) is 4.16. The van der Waals surface area contributed by atoms with E-state index in [1.165, 1.54) is 12.1 Å². The van der Waals surface area contributed by atoms with Gasteiger partial charge in [-0.3, -0.25) is 9.48 Å². The van der Waals surface area contributed by atoms with Crippen LogP contribution in [-0.2, 0) is 24.1 Å². The second-order valence-corrected chi connectivity index (χ2v) is 7.47. The number of piperidine rings is 1. The monoisotopic (exact) mass is 360 g/mol. The van der Waals surface area contributed by atoms with Crippen LogP contribution in [0, 0.1) is 0 Å². The van der Waals surface area contributed by atoms with E-state index in [4.69, 9.17) is 9.84 Å². The molecule has 2 aliphatic rings. The summed E-state index contributed by atoms with van der Waals surface area (Å²) in [7, 11) is 3.89. The lowest BCUT2D eigenvalue weighted by atomic mass is 9.90. The summed E-state index contributed by atoms with van der Waals surface area (Å²) in [5.41, 5.74) is 3.05. The van der Waals surface area contributed by atoms with Gasteiger partial charge in [-0.2, -0.15) is 5.10 Å². The molecule has 1 saturated heterocycles. The first-order chi connectivity index (χ1) is 12.7. The highest BCUT2D eigenvalue weighted by Crippen LogP contribution is 2.28. The van der Waals surface area contributed by atoms with Crippen molar-refractivity contribution < 1.29 is 9.53 Å². The highest BCUT2D eigenvalue weighted by Gasteiger charge is 2.32. The lowest BCUT2D eigenvalue weighted by molar-refractivity contribution is 0.0715. The quantitative estimate of drug-likeness (QED) is 0.699. The van der Waals surface area contributed by atoms with Crippen molar-refractivity contribution in [3.63, 3.8) is 0 Å². The Kier molecular flexibility index (Phi) is 6.48. The molecule has 1 fully saturated rings. The molecular formula is C20H32N4O2. The first-order valence-corrected chi connectivity index (χ1v) is 9.83. The molecule has 1 unspecified atom stereocenters. The summed E-state index contributed by atoms with van der Waals surface area (Å²) in [4.78, 5) is 17.5. The van der Waals surface area contributed by atoms with Gasteiger partial charge in [0.25, 0.3) is 5.91 Å². The second-order valence-electron chi connectivity index (χ2n) is 7.47. The maximum absolute atomic E-state index is 13.1. The van der Waals surface area contributed by atoms with Gasteiger partial charge in [-0.05, 0) is 45.6 Å². The minimum atomic E-state index is 0.115. The van der Waals surface area contributed by atoms with Gasteiger partial charge in [0.15, 0.2) is 5.69 Å². The lowest BCUT2D eigenvalue weighted by Crippen LogP contribution is -2.40. The fraction of sp³-hybridized carbons (Fsp3) is 0.700. The van der Waals surface area contributed by atoms with Crippen LogP contribution in [0.5, 0.6) is 0 Å². The molecule has 1 atom stereocenters. The molecule has 2 heterocycles. The number of likely N-dealkylation sites (tertiary alicyclic amines) is 1. The number of carbonyl (C=O) groups is 1. The van der Waals surface area contributed by atoms with E-state index < -0.39 is 0 Å². The Bertz CT molecular complexity index is 634. The maximum atomic E-state index is 13.1. The molecule has 1 aromatic heterocycles. The first-order valence-electron chi connectivity index (χ1n) is 9.83. The van der Waals surface area contributed by atoms with Crippen molar-refractivity contribution in [3.05, 3.63) is 29.6 Å². The Morgan fingerprint density at radius 2 is 2.15 bits per heavy atom. The van der Waals surface area contributed by atoms with Gasteiger partial charge in [-0.15, -0.1) is 6.58 Å². The standard InChI is InChI=1S/C20H32N4O2/c1-4-10-24-18-9-8-16(22(2)13-14-26-3)15-17(18)19(21-24)20(25)23-11-6-5-7-12-23/h4,16H,1,5-15H2,2-3H3. The van der Waals surface area contributed by atoms with Gasteiger partial charge >= 0.3 is 0 Å². The third kappa shape index (κ3) is 4.01. The van der Waals surface area contributed by atoms with Crippen molar-refractivity contribution in [1.82, 2.24) is 19.6 Å². The van der Waals surface area contributed by atoms with Gasteiger partial charge < -0.3 is 14.5 Å². The van der Waals surface area contributed by atoms with E-state index >= 15 is 0 Å². The lowest BCUT2D eigenvalue weighted by Gasteiger charge is -2.32. The highest BCUT2D eigenvalue weighted by atomic mass is 16.5. The minimum Gasteiger partial charge on any atom is -0.383 e. The number of hydrogen-bond donors (Lipinski definition) is 0. The van der Waals surface area contributed by atoms with E-state index in [0.717, 1.165) is 63.9 Å². The summed E-state index contributed by atoms with van der Waals surface area (Å²) >= 11 is 0. The molecule has 6 heteroatoms. The molecule has 3 rings (SSSR count). The van der Waals surface area contributed by atoms with Crippen LogP contribution in [0.4, 0.5) is 0 Å². The number of methoxy groups -OCH3 is 1. The first kappa shape index (κ1) is 19.1. The summed E-state index contributed by atoms with van der Waals surface area (Å²) < 4.78 is 7.21. The molecular weight excluding hydrogens is 328 g/mol. The third-order valence-corrected chi connectivity index (χ3v) is 5.74. The largest absolute Gasteiger partial charge is 0.383 e. The Hall–Kier alpha value is -1.66. The number of amides is 1. The summed E-state index contributed by atoms with van der Waals surface area (Å²) in [6.07, 6.45) is 8.23. The molecule has 0 bridgehead atoms. The Labute approximate surface area is 156 Å². The van der Waals surface area contributed by atoms with Crippen molar-refractivity contribution in [2.45, 2.75) is 51.1 Å². The molecule has 1 amide bonds. The average molecular weight is 361 g/mol. The Balaban J connectivity index is 1.84. The smallest absolute Gasteiger partial charge is 0.274 e. The van der Waals surface area contributed by atoms with E-state index in [9.17, 15) is 4.79 Å². The molecule has 26 heavy (non-hydrogen) atoms. The number of nitrogens with zero attached hydrogens (tertiary/aromatic N) is 4. The van der Waals surface area contributed by atoms with Crippen LogP contribution in [0.15, 0.2) is 12.7 Å². The molecule has 1 aliphatic carbocycles. The van der Waals surface area contributed by atoms with Crippen LogP contribution in [0.1, 0.15) is 47.4 Å². The number of likely N-dealkylation sites (N-methyl/N-ethyl adjacent to an activating group) is 1. The molecule has 0 aromatic carbocycles. The van der Waals surface area contributed by atoms with Crippen LogP contribution in [-0.4, -0.2) is 71.9 Å². The van der Waals surface area contributed by atoms with E-state index in [-0.39, 0.29) is 5.91 Å².